The molecule has 1 N–H and O–H groups in total. The van der Waals surface area contributed by atoms with E-state index in [0.717, 1.165) is 5.56 Å². The van der Waals surface area contributed by atoms with Gasteiger partial charge in [0.25, 0.3) is 5.82 Å². The molecular weight excluding hydrogens is 206 g/mol. The summed E-state index contributed by atoms with van der Waals surface area (Å²) in [7, 11) is 0. The number of hydrogen-bond acceptors (Lipinski definition) is 3. The first kappa shape index (κ1) is 12.0. The third kappa shape index (κ3) is 3.24. The van der Waals surface area contributed by atoms with Crippen LogP contribution in [0.4, 0.5) is 16.3 Å². The van der Waals surface area contributed by atoms with Gasteiger partial charge in [-0.2, -0.15) is 0 Å². The van der Waals surface area contributed by atoms with Crippen molar-refractivity contribution in [3.8, 4) is 0 Å². The minimum Gasteiger partial charge on any atom is -0.447 e. The van der Waals surface area contributed by atoms with Crippen LogP contribution in [0.3, 0.4) is 0 Å². The predicted molar refractivity (Wildman–Crippen MR) is 60.5 cm³/mol. The third-order valence-electron chi connectivity index (χ3n) is 1.75. The number of nitrogens with one attached hydrogen (secondary N) is 1. The molecule has 0 radical (unpaired) electrons. The van der Waals surface area contributed by atoms with E-state index in [0.29, 0.717) is 11.5 Å². The van der Waals surface area contributed by atoms with Crippen LogP contribution < -0.4 is 5.32 Å². The van der Waals surface area contributed by atoms with Gasteiger partial charge >= 0.3 is 6.09 Å². The number of aryl methyl sites for hydroxylation is 1. The molecule has 0 aromatic carbocycles. The molecule has 1 aromatic rings. The van der Waals surface area contributed by atoms with Crippen molar-refractivity contribution in [1.82, 2.24) is 4.98 Å². The maximum atomic E-state index is 11.3. The highest BCUT2D eigenvalue weighted by atomic mass is 16.6. The zero-order valence-corrected chi connectivity index (χ0v) is 9.44. The molecule has 0 unspecified atom stereocenters. The number of amides is 1. The van der Waals surface area contributed by atoms with Crippen molar-refractivity contribution in [2.75, 3.05) is 5.32 Å². The Balaban J connectivity index is 2.73. The molecule has 0 fully saturated rings. The predicted octanol–water partition coefficient (Wildman–Crippen LogP) is 2.90. The van der Waals surface area contributed by atoms with Crippen LogP contribution in [-0.4, -0.2) is 17.2 Å². The summed E-state index contributed by atoms with van der Waals surface area (Å²) < 4.78 is 4.91. The first-order valence-corrected chi connectivity index (χ1v) is 4.84. The number of ether oxygens (including phenoxy) is 1. The summed E-state index contributed by atoms with van der Waals surface area (Å²) in [5, 5.41) is 2.54. The van der Waals surface area contributed by atoms with Gasteiger partial charge in [-0.15, -0.1) is 4.98 Å². The Hall–Kier alpha value is -2.09. The van der Waals surface area contributed by atoms with Crippen LogP contribution in [0.25, 0.3) is 4.85 Å². The Morgan fingerprint density at radius 1 is 1.62 bits per heavy atom. The van der Waals surface area contributed by atoms with Crippen LogP contribution in [0.1, 0.15) is 19.4 Å². The molecule has 0 saturated heterocycles. The van der Waals surface area contributed by atoms with Gasteiger partial charge in [0.05, 0.1) is 11.8 Å². The van der Waals surface area contributed by atoms with Gasteiger partial charge in [0.1, 0.15) is 6.20 Å². The van der Waals surface area contributed by atoms with Gasteiger partial charge in [-0.3, -0.25) is 5.32 Å². The van der Waals surface area contributed by atoms with Gasteiger partial charge in [-0.25, -0.2) is 4.79 Å². The SMILES string of the molecule is [C-]#[N+]c1ncc(NC(=O)OC(C)C)cc1C. The number of rotatable bonds is 2. The van der Waals surface area contributed by atoms with E-state index in [1.807, 2.05) is 0 Å². The van der Waals surface area contributed by atoms with E-state index in [2.05, 4.69) is 15.1 Å². The molecule has 16 heavy (non-hydrogen) atoms. The van der Waals surface area contributed by atoms with Crippen LogP contribution in [-0.2, 0) is 4.74 Å². The maximum Gasteiger partial charge on any atom is 0.411 e. The molecule has 5 heteroatoms. The number of carbonyl (C=O) groups excluding carboxylic acids is 1. The lowest BCUT2D eigenvalue weighted by molar-refractivity contribution is 0.130. The molecule has 1 heterocycles. The Bertz CT molecular complexity index is 435. The van der Waals surface area contributed by atoms with Gasteiger partial charge < -0.3 is 9.58 Å². The van der Waals surface area contributed by atoms with E-state index in [1.165, 1.54) is 6.20 Å². The van der Waals surface area contributed by atoms with Crippen molar-refractivity contribution < 1.29 is 9.53 Å². The molecule has 0 spiro atoms. The second kappa shape index (κ2) is 5.12. The molecule has 0 bridgehead atoms. The first-order valence-electron chi connectivity index (χ1n) is 4.84. The minimum atomic E-state index is -0.522. The molecule has 5 nitrogen and oxygen atoms in total. The Kier molecular flexibility index (Phi) is 3.84. The van der Waals surface area contributed by atoms with Crippen molar-refractivity contribution in [1.29, 1.82) is 0 Å². The normalized spacial score (nSPS) is 9.69. The Morgan fingerprint density at radius 2 is 2.31 bits per heavy atom. The van der Waals surface area contributed by atoms with Crippen LogP contribution in [0.5, 0.6) is 0 Å². The van der Waals surface area contributed by atoms with E-state index >= 15 is 0 Å². The number of aromatic nitrogens is 1. The second-order valence-corrected chi connectivity index (χ2v) is 3.56. The fraction of sp³-hybridized carbons (Fsp3) is 0.364. The smallest absolute Gasteiger partial charge is 0.411 e. The van der Waals surface area contributed by atoms with E-state index in [1.54, 1.807) is 26.8 Å². The topological polar surface area (TPSA) is 55.6 Å². The van der Waals surface area contributed by atoms with Crippen LogP contribution >= 0.6 is 0 Å². The van der Waals surface area contributed by atoms with Crippen LogP contribution in [0, 0.1) is 13.5 Å². The highest BCUT2D eigenvalue weighted by Gasteiger charge is 2.08. The molecule has 1 aromatic heterocycles. The van der Waals surface area contributed by atoms with Gasteiger partial charge in [0.15, 0.2) is 0 Å². The van der Waals surface area contributed by atoms with Crippen LogP contribution in [0.15, 0.2) is 12.3 Å². The monoisotopic (exact) mass is 219 g/mol. The molecule has 0 saturated carbocycles. The zero-order valence-electron chi connectivity index (χ0n) is 9.44. The summed E-state index contributed by atoms with van der Waals surface area (Å²) >= 11 is 0. The summed E-state index contributed by atoms with van der Waals surface area (Å²) in [4.78, 5) is 18.4. The van der Waals surface area contributed by atoms with Gasteiger partial charge in [0, 0.05) is 0 Å². The number of nitrogens with zero attached hydrogens (tertiary/aromatic N) is 2. The van der Waals surface area contributed by atoms with Crippen LogP contribution in [0.2, 0.25) is 0 Å². The largest absolute Gasteiger partial charge is 0.447 e. The molecule has 0 aliphatic rings. The van der Waals surface area contributed by atoms with Crippen molar-refractivity contribution in [3.05, 3.63) is 29.2 Å². The Morgan fingerprint density at radius 3 is 2.81 bits per heavy atom. The fourth-order valence-electron chi connectivity index (χ4n) is 1.11. The minimum absolute atomic E-state index is 0.170. The van der Waals surface area contributed by atoms with Gasteiger partial charge in [-0.1, -0.05) is 6.57 Å². The molecule has 0 aliphatic carbocycles. The zero-order chi connectivity index (χ0) is 12.1. The molecule has 1 rings (SSSR count). The maximum absolute atomic E-state index is 11.3. The summed E-state index contributed by atoms with van der Waals surface area (Å²) in [6.45, 7) is 12.1. The average molecular weight is 219 g/mol. The fourth-order valence-corrected chi connectivity index (χ4v) is 1.11. The van der Waals surface area contributed by atoms with Crippen molar-refractivity contribution in [3.63, 3.8) is 0 Å². The van der Waals surface area contributed by atoms with Crippen molar-refractivity contribution in [2.24, 2.45) is 0 Å². The average Bonchev–Trinajstić information content (AvgIpc) is 2.16. The lowest BCUT2D eigenvalue weighted by Gasteiger charge is -2.09. The van der Waals surface area contributed by atoms with Gasteiger partial charge in [0.2, 0.25) is 0 Å². The number of carbonyl (C=O) groups is 1. The molecular formula is C11H13N3O2. The number of hydrogen-bond donors (Lipinski definition) is 1. The van der Waals surface area contributed by atoms with E-state index in [4.69, 9.17) is 11.3 Å². The molecule has 1 amide bonds. The molecule has 0 atom stereocenters. The van der Waals surface area contributed by atoms with Gasteiger partial charge in [-0.05, 0) is 32.4 Å². The van der Waals surface area contributed by atoms with Crippen molar-refractivity contribution >= 4 is 17.6 Å². The summed E-state index contributed by atoms with van der Waals surface area (Å²) in [5.74, 6) is 0.336. The standard InChI is InChI=1S/C11H13N3O2/c1-7(2)16-11(15)14-9-5-8(3)10(12-4)13-6-9/h5-7H,1-3H3,(H,14,15). The summed E-state index contributed by atoms with van der Waals surface area (Å²) in [6.07, 6.45) is 0.741. The first-order chi connectivity index (χ1) is 7.52. The lowest BCUT2D eigenvalue weighted by Crippen LogP contribution is -2.18. The van der Waals surface area contributed by atoms with E-state index < -0.39 is 6.09 Å². The Labute approximate surface area is 94.3 Å². The quantitative estimate of drug-likeness (QED) is 0.778. The molecule has 84 valence electrons. The number of anilines is 1. The highest BCUT2D eigenvalue weighted by molar-refractivity contribution is 5.84. The van der Waals surface area contributed by atoms with E-state index in [9.17, 15) is 4.79 Å². The molecule has 0 aliphatic heterocycles. The highest BCUT2D eigenvalue weighted by Crippen LogP contribution is 2.18. The van der Waals surface area contributed by atoms with E-state index in [-0.39, 0.29) is 6.10 Å². The lowest BCUT2D eigenvalue weighted by atomic mass is 10.2. The van der Waals surface area contributed by atoms with Crippen molar-refractivity contribution in [2.45, 2.75) is 26.9 Å². The summed E-state index contributed by atoms with van der Waals surface area (Å²) in [5.41, 5.74) is 1.24. The third-order valence-corrected chi connectivity index (χ3v) is 1.75. The number of pyridine rings is 1. The summed E-state index contributed by atoms with van der Waals surface area (Å²) in [6, 6.07) is 1.68. The second-order valence-electron chi connectivity index (χ2n) is 3.56.